The number of nitrogens with one attached hydrogen (secondary N) is 2. The van der Waals surface area contributed by atoms with Crippen LogP contribution in [0.2, 0.25) is 0 Å². The van der Waals surface area contributed by atoms with E-state index in [4.69, 9.17) is 5.10 Å². The van der Waals surface area contributed by atoms with Gasteiger partial charge in [-0.2, -0.15) is 5.10 Å². The quantitative estimate of drug-likeness (QED) is 0.879. The average Bonchev–Trinajstić information content (AvgIpc) is 3.22. The van der Waals surface area contributed by atoms with Crippen LogP contribution in [0.3, 0.4) is 0 Å². The van der Waals surface area contributed by atoms with Crippen molar-refractivity contribution in [3.63, 3.8) is 0 Å². The molecule has 1 aliphatic carbocycles. The summed E-state index contributed by atoms with van der Waals surface area (Å²) in [5, 5.41) is 11.1. The summed E-state index contributed by atoms with van der Waals surface area (Å²) in [6, 6.07) is 0.671. The van der Waals surface area contributed by atoms with Gasteiger partial charge < -0.3 is 10.6 Å². The second kappa shape index (κ2) is 6.70. The molecule has 2 aromatic rings. The Bertz CT molecular complexity index is 804. The van der Waals surface area contributed by atoms with Crippen LogP contribution in [0.4, 0.5) is 11.8 Å². The zero-order valence-corrected chi connectivity index (χ0v) is 15.6. The fraction of sp³-hybridized carbons (Fsp3) is 0.579. The number of hydrogen-bond acceptors (Lipinski definition) is 5. The highest BCUT2D eigenvalue weighted by molar-refractivity contribution is 5.94. The molecule has 1 aliphatic heterocycles. The molecule has 4 rings (SSSR count). The lowest BCUT2D eigenvalue weighted by molar-refractivity contribution is -0.116. The minimum atomic E-state index is -0.0398. The average molecular weight is 354 g/mol. The molecule has 0 saturated heterocycles. The van der Waals surface area contributed by atoms with Crippen molar-refractivity contribution in [1.29, 1.82) is 0 Å². The number of fused-ring (bicyclic) bond motifs is 1. The van der Waals surface area contributed by atoms with Crippen LogP contribution >= 0.6 is 0 Å². The predicted molar refractivity (Wildman–Crippen MR) is 100 cm³/mol. The van der Waals surface area contributed by atoms with Gasteiger partial charge in [0.05, 0.1) is 11.7 Å². The van der Waals surface area contributed by atoms with Crippen molar-refractivity contribution in [2.45, 2.75) is 70.9 Å². The van der Waals surface area contributed by atoms with Crippen molar-refractivity contribution in [2.24, 2.45) is 0 Å². The molecule has 1 atom stereocenters. The van der Waals surface area contributed by atoms with Gasteiger partial charge >= 0.3 is 0 Å². The summed E-state index contributed by atoms with van der Waals surface area (Å²) >= 11 is 0. The summed E-state index contributed by atoms with van der Waals surface area (Å²) in [5.74, 6) is 1.48. The zero-order valence-electron chi connectivity index (χ0n) is 15.6. The third-order valence-electron chi connectivity index (χ3n) is 5.29. The Labute approximate surface area is 153 Å². The molecule has 3 heterocycles. The van der Waals surface area contributed by atoms with E-state index in [1.54, 1.807) is 0 Å². The van der Waals surface area contributed by atoms with Crippen LogP contribution in [0.25, 0.3) is 0 Å². The lowest BCUT2D eigenvalue weighted by Crippen LogP contribution is -2.26. The number of carbonyl (C=O) groups is 1. The SMILES string of the molecule is Cc1nn(C2CCCC2)c2c1[C@H](c1cnc(NC(C)C)nc1)CC(=O)N2. The van der Waals surface area contributed by atoms with Crippen LogP contribution in [0.5, 0.6) is 0 Å². The molecule has 0 aromatic carbocycles. The molecule has 0 spiro atoms. The Morgan fingerprint density at radius 1 is 1.23 bits per heavy atom. The molecular weight excluding hydrogens is 328 g/mol. The number of carbonyl (C=O) groups excluding carboxylic acids is 1. The van der Waals surface area contributed by atoms with Gasteiger partial charge in [0.2, 0.25) is 11.9 Å². The van der Waals surface area contributed by atoms with Gasteiger partial charge in [0.15, 0.2) is 0 Å². The van der Waals surface area contributed by atoms with E-state index in [9.17, 15) is 4.79 Å². The molecular formula is C19H26N6O. The van der Waals surface area contributed by atoms with Crippen molar-refractivity contribution in [2.75, 3.05) is 10.6 Å². The number of aryl methyl sites for hydroxylation is 1. The Hall–Kier alpha value is -2.44. The number of hydrogen-bond donors (Lipinski definition) is 2. The topological polar surface area (TPSA) is 84.7 Å². The lowest BCUT2D eigenvalue weighted by atomic mass is 9.87. The Morgan fingerprint density at radius 3 is 2.58 bits per heavy atom. The summed E-state index contributed by atoms with van der Waals surface area (Å²) in [4.78, 5) is 21.2. The first-order chi connectivity index (χ1) is 12.5. The highest BCUT2D eigenvalue weighted by Gasteiger charge is 2.34. The van der Waals surface area contributed by atoms with Crippen molar-refractivity contribution in [1.82, 2.24) is 19.7 Å². The highest BCUT2D eigenvalue weighted by Crippen LogP contribution is 2.42. The molecule has 0 unspecified atom stereocenters. The van der Waals surface area contributed by atoms with E-state index in [0.29, 0.717) is 18.4 Å². The van der Waals surface area contributed by atoms with E-state index in [2.05, 4.69) is 39.1 Å². The Balaban J connectivity index is 1.70. The standard InChI is InChI=1S/C19H26N6O/c1-11(2)22-19-20-9-13(10-21-19)15-8-16(26)23-18-17(15)12(3)24-25(18)14-6-4-5-7-14/h9-11,14-15H,4-8H2,1-3H3,(H,23,26)(H,20,21,22)/t15-/m0/s1. The van der Waals surface area contributed by atoms with Gasteiger partial charge in [0.1, 0.15) is 5.82 Å². The van der Waals surface area contributed by atoms with Gasteiger partial charge in [-0.05, 0) is 39.2 Å². The summed E-state index contributed by atoms with van der Waals surface area (Å²) in [7, 11) is 0. The van der Waals surface area contributed by atoms with Gasteiger partial charge in [-0.25, -0.2) is 14.6 Å². The highest BCUT2D eigenvalue weighted by atomic mass is 16.1. The van der Waals surface area contributed by atoms with Crippen LogP contribution in [0.1, 0.15) is 74.7 Å². The Morgan fingerprint density at radius 2 is 1.92 bits per heavy atom. The first-order valence-electron chi connectivity index (χ1n) is 9.50. The van der Waals surface area contributed by atoms with E-state index in [1.807, 2.05) is 19.3 Å². The van der Waals surface area contributed by atoms with Crippen molar-refractivity contribution in [3.05, 3.63) is 29.2 Å². The molecule has 1 fully saturated rings. The van der Waals surface area contributed by atoms with Crippen molar-refractivity contribution in [3.8, 4) is 0 Å². The van der Waals surface area contributed by atoms with E-state index in [1.165, 1.54) is 12.8 Å². The third kappa shape index (κ3) is 3.06. The smallest absolute Gasteiger partial charge is 0.226 e. The summed E-state index contributed by atoms with van der Waals surface area (Å²) in [6.07, 6.45) is 8.79. The molecule has 0 radical (unpaired) electrons. The maximum atomic E-state index is 12.4. The van der Waals surface area contributed by atoms with E-state index >= 15 is 0 Å². The normalized spacial score (nSPS) is 20.3. The molecule has 1 saturated carbocycles. The second-order valence-corrected chi connectivity index (χ2v) is 7.67. The fourth-order valence-electron chi connectivity index (χ4n) is 4.12. The predicted octanol–water partition coefficient (Wildman–Crippen LogP) is 3.39. The first kappa shape index (κ1) is 17.0. The lowest BCUT2D eigenvalue weighted by Gasteiger charge is -2.25. The number of anilines is 2. The minimum Gasteiger partial charge on any atom is -0.352 e. The fourth-order valence-corrected chi connectivity index (χ4v) is 4.12. The monoisotopic (exact) mass is 354 g/mol. The number of aromatic nitrogens is 4. The summed E-state index contributed by atoms with van der Waals surface area (Å²) in [6.45, 7) is 6.13. The molecule has 0 bridgehead atoms. The molecule has 2 N–H and O–H groups in total. The maximum Gasteiger partial charge on any atom is 0.226 e. The van der Waals surface area contributed by atoms with Crippen LogP contribution in [0, 0.1) is 6.92 Å². The molecule has 26 heavy (non-hydrogen) atoms. The van der Waals surface area contributed by atoms with Crippen LogP contribution in [0.15, 0.2) is 12.4 Å². The minimum absolute atomic E-state index is 0.0334. The molecule has 7 heteroatoms. The number of nitrogens with zero attached hydrogens (tertiary/aromatic N) is 4. The van der Waals surface area contributed by atoms with Gasteiger partial charge in [-0.1, -0.05) is 12.8 Å². The molecule has 7 nitrogen and oxygen atoms in total. The largest absolute Gasteiger partial charge is 0.352 e. The van der Waals surface area contributed by atoms with Crippen molar-refractivity contribution < 1.29 is 4.79 Å². The summed E-state index contributed by atoms with van der Waals surface area (Å²) in [5.41, 5.74) is 3.07. The summed E-state index contributed by atoms with van der Waals surface area (Å²) < 4.78 is 2.05. The van der Waals surface area contributed by atoms with Crippen LogP contribution in [-0.4, -0.2) is 31.7 Å². The maximum absolute atomic E-state index is 12.4. The van der Waals surface area contributed by atoms with Gasteiger partial charge in [-0.15, -0.1) is 0 Å². The van der Waals surface area contributed by atoms with Crippen LogP contribution < -0.4 is 10.6 Å². The zero-order chi connectivity index (χ0) is 18.3. The van der Waals surface area contributed by atoms with Gasteiger partial charge in [0.25, 0.3) is 0 Å². The Kier molecular flexibility index (Phi) is 4.38. The third-order valence-corrected chi connectivity index (χ3v) is 5.29. The molecule has 1 amide bonds. The molecule has 2 aromatic heterocycles. The first-order valence-corrected chi connectivity index (χ1v) is 9.50. The van der Waals surface area contributed by atoms with Gasteiger partial charge in [-0.3, -0.25) is 4.79 Å². The second-order valence-electron chi connectivity index (χ2n) is 7.67. The van der Waals surface area contributed by atoms with Crippen molar-refractivity contribution >= 4 is 17.7 Å². The van der Waals surface area contributed by atoms with E-state index in [-0.39, 0.29) is 17.9 Å². The molecule has 2 aliphatic rings. The van der Waals surface area contributed by atoms with Crippen LogP contribution in [-0.2, 0) is 4.79 Å². The van der Waals surface area contributed by atoms with E-state index in [0.717, 1.165) is 35.5 Å². The number of amides is 1. The number of rotatable bonds is 4. The van der Waals surface area contributed by atoms with E-state index < -0.39 is 0 Å². The van der Waals surface area contributed by atoms with Gasteiger partial charge in [0, 0.05) is 36.3 Å². The molecule has 138 valence electrons.